The first kappa shape index (κ1) is 50.0. The van der Waals surface area contributed by atoms with Gasteiger partial charge in [-0.2, -0.15) is 5.21 Å². The SMILES string of the molecule is Cc1ccc2c(c1)C=Cc1cc(C)ccc1C2c1cn(Cc2cc(C(=O)NCCNC(=O)COc3ccc(/C=C/c4ccc5n4[B-](F)(F)[N+]4=C(c6cccs6)C=CC4=C5)cc3)cc(C(=O)Nc3nn[nH]n3)c2)c(=O)[nH]c1=S. The Morgan fingerprint density at radius 3 is 2.27 bits per heavy atom. The van der Waals surface area contributed by atoms with Gasteiger partial charge in [0.2, 0.25) is 0 Å². The van der Waals surface area contributed by atoms with Crippen molar-refractivity contribution >= 4 is 90.3 Å². The predicted octanol–water partition coefficient (Wildman–Crippen LogP) is 8.61. The Balaban J connectivity index is 0.735. The number of H-pyrrole nitrogens is 2. The minimum atomic E-state index is -4.18. The summed E-state index contributed by atoms with van der Waals surface area (Å²) in [6.45, 7) is -0.395. The van der Waals surface area contributed by atoms with E-state index in [1.807, 2.05) is 31.4 Å². The molecule has 6 heterocycles. The highest BCUT2D eigenvalue weighted by atomic mass is 32.1. The van der Waals surface area contributed by atoms with Crippen molar-refractivity contribution < 1.29 is 32.2 Å². The van der Waals surface area contributed by atoms with Gasteiger partial charge in [-0.1, -0.05) is 101 Å². The Bertz CT molecular complexity index is 3900. The Morgan fingerprint density at radius 1 is 0.844 bits per heavy atom. The van der Waals surface area contributed by atoms with E-state index >= 15 is 8.63 Å². The summed E-state index contributed by atoms with van der Waals surface area (Å²) in [7, 11) is 0. The summed E-state index contributed by atoms with van der Waals surface area (Å²) in [5.74, 6) is -1.63. The van der Waals surface area contributed by atoms with E-state index in [2.05, 4.69) is 90.1 Å². The molecule has 8 aromatic rings. The number of aromatic nitrogens is 7. The highest BCUT2D eigenvalue weighted by molar-refractivity contribution is 7.71. The predicted molar refractivity (Wildman–Crippen MR) is 296 cm³/mol. The van der Waals surface area contributed by atoms with Crippen LogP contribution in [0.4, 0.5) is 14.6 Å². The van der Waals surface area contributed by atoms with Gasteiger partial charge in [0.05, 0.1) is 11.4 Å². The zero-order valence-electron chi connectivity index (χ0n) is 41.3. The van der Waals surface area contributed by atoms with Gasteiger partial charge in [-0.15, -0.1) is 16.4 Å². The Hall–Kier alpha value is -9.21. The minimum absolute atomic E-state index is 0.0227. The Labute approximate surface area is 447 Å². The molecule has 0 atom stereocenters. The number of hydrogen-bond acceptors (Lipinski definition) is 10. The standard InChI is InChI=1S/C56H46BF2N11O5S2/c1-33-5-18-45-37(24-33)10-11-38-25-34(2)6-19-46(38)51(45)47-31-68(56(74)63-54(47)76)30-36-26-39(28-40(27-36)53(73)62-55-64-66-67-65-55)52(72)61-22-21-60-50(71)32-75-44-16-8-35(9-17-44)7-12-41-13-14-42-29-43-15-20-48(49-4-3-23-77-49)70(43)57(58,59)69(41)42/h3-20,23-29,31,51H,21-22,30,32H2,1-2H3,(H,60,71)(H,61,72)(H,63,74,76)(H2,62,64,65,66,67,73)/b12-7+. The molecule has 4 aromatic heterocycles. The smallest absolute Gasteiger partial charge is 0.484 e. The fourth-order valence-electron chi connectivity index (χ4n) is 9.81. The van der Waals surface area contributed by atoms with Crippen LogP contribution >= 0.6 is 23.6 Å². The van der Waals surface area contributed by atoms with Crippen molar-refractivity contribution in [1.82, 2.24) is 45.3 Å². The highest BCUT2D eigenvalue weighted by Crippen LogP contribution is 2.40. The first-order valence-corrected chi connectivity index (χ1v) is 25.8. The van der Waals surface area contributed by atoms with Crippen LogP contribution in [-0.4, -0.2) is 89.2 Å². The maximum atomic E-state index is 16.3. The van der Waals surface area contributed by atoms with Crippen molar-refractivity contribution in [3.8, 4) is 5.75 Å². The number of nitrogens with one attached hydrogen (secondary N) is 5. The molecule has 3 amide bonds. The van der Waals surface area contributed by atoms with Gasteiger partial charge >= 0.3 is 12.7 Å². The van der Waals surface area contributed by atoms with Gasteiger partial charge in [0.1, 0.15) is 10.4 Å². The van der Waals surface area contributed by atoms with Gasteiger partial charge in [0, 0.05) is 71.5 Å². The van der Waals surface area contributed by atoms with Gasteiger partial charge in [0.25, 0.3) is 23.7 Å². The number of hydrogen-bond donors (Lipinski definition) is 5. The zero-order valence-corrected chi connectivity index (χ0v) is 42.9. The maximum Gasteiger partial charge on any atom is 0.737 e. The molecule has 384 valence electrons. The van der Waals surface area contributed by atoms with E-state index in [0.717, 1.165) is 52.8 Å². The number of amides is 3. The summed E-state index contributed by atoms with van der Waals surface area (Å²) in [4.78, 5) is 57.4. The van der Waals surface area contributed by atoms with Gasteiger partial charge in [-0.05, 0) is 112 Å². The topological polar surface area (TPSA) is 197 Å². The molecule has 5 N–H and O–H groups in total. The second-order valence-corrected chi connectivity index (χ2v) is 20.0. The fraction of sp³-hybridized carbons (Fsp3) is 0.125. The van der Waals surface area contributed by atoms with E-state index in [1.54, 1.807) is 85.1 Å². The lowest BCUT2D eigenvalue weighted by molar-refractivity contribution is -0.360. The molecule has 3 aliphatic rings. The zero-order chi connectivity index (χ0) is 53.4. The number of carbonyl (C=O) groups excluding carboxylic acids is 3. The number of aromatic amines is 2. The molecule has 0 saturated heterocycles. The number of nitrogens with zero attached hydrogens (tertiary/aromatic N) is 6. The number of benzene rings is 4. The second-order valence-electron chi connectivity index (χ2n) is 18.7. The molecule has 0 spiro atoms. The van der Waals surface area contributed by atoms with Crippen LogP contribution in [0.1, 0.15) is 93.0 Å². The lowest BCUT2D eigenvalue weighted by atomic mass is 9.83. The number of thiophene rings is 1. The monoisotopic (exact) mass is 1070 g/mol. The molecule has 0 bridgehead atoms. The Kier molecular flexibility index (Phi) is 13.5. The molecule has 2 aliphatic heterocycles. The van der Waals surface area contributed by atoms with Crippen molar-refractivity contribution in [2.45, 2.75) is 26.3 Å². The Morgan fingerprint density at radius 2 is 1.57 bits per heavy atom. The van der Waals surface area contributed by atoms with Crippen molar-refractivity contribution in [1.29, 1.82) is 0 Å². The minimum Gasteiger partial charge on any atom is -0.484 e. The average Bonchev–Trinajstić information content (AvgIpc) is 4.39. The summed E-state index contributed by atoms with van der Waals surface area (Å²) in [6.07, 6.45) is 14.5. The van der Waals surface area contributed by atoms with Gasteiger partial charge in [0.15, 0.2) is 18.0 Å². The van der Waals surface area contributed by atoms with E-state index in [4.69, 9.17) is 17.0 Å². The molecular weight excluding hydrogens is 1020 g/mol. The largest absolute Gasteiger partial charge is 0.737 e. The number of allylic oxidation sites excluding steroid dienone is 2. The molecule has 11 rings (SSSR count). The van der Waals surface area contributed by atoms with Crippen LogP contribution in [0.3, 0.4) is 0 Å². The molecular formula is C56H46BF2N11O5S2. The van der Waals surface area contributed by atoms with Crippen LogP contribution < -0.4 is 26.4 Å². The van der Waals surface area contributed by atoms with Crippen LogP contribution in [0.15, 0.2) is 137 Å². The van der Waals surface area contributed by atoms with E-state index < -0.39 is 30.4 Å². The average molecular weight is 1070 g/mol. The number of tetrazole rings is 1. The molecule has 16 nitrogen and oxygen atoms in total. The summed E-state index contributed by atoms with van der Waals surface area (Å²) in [5.41, 5.74) is 9.55. The van der Waals surface area contributed by atoms with Crippen LogP contribution in [0, 0.1) is 18.5 Å². The number of rotatable bonds is 15. The normalized spacial score (nSPS) is 14.1. The van der Waals surface area contributed by atoms with Crippen LogP contribution in [-0.2, 0) is 11.3 Å². The number of halogens is 2. The molecule has 4 aromatic carbocycles. The first-order valence-electron chi connectivity index (χ1n) is 24.5. The molecule has 0 fully saturated rings. The fourth-order valence-corrected chi connectivity index (χ4v) is 10.8. The number of carbonyl (C=O) groups is 3. The number of aryl methyl sites for hydroxylation is 2. The van der Waals surface area contributed by atoms with Crippen LogP contribution in [0.5, 0.6) is 5.75 Å². The van der Waals surface area contributed by atoms with Crippen molar-refractivity contribution in [2.75, 3.05) is 25.0 Å². The summed E-state index contributed by atoms with van der Waals surface area (Å²) in [6, 6.07) is 31.0. The van der Waals surface area contributed by atoms with E-state index in [9.17, 15) is 19.2 Å². The van der Waals surface area contributed by atoms with Crippen molar-refractivity contribution in [3.63, 3.8) is 0 Å². The number of fused-ring (bicyclic) bond motifs is 4. The summed E-state index contributed by atoms with van der Waals surface area (Å²) >= 11 is 7.27. The second kappa shape index (κ2) is 20.8. The summed E-state index contributed by atoms with van der Waals surface area (Å²) in [5, 5.41) is 23.3. The number of ether oxygens (including phenoxy) is 1. The third kappa shape index (κ3) is 10.3. The van der Waals surface area contributed by atoms with Crippen molar-refractivity contribution in [3.05, 3.63) is 225 Å². The molecule has 0 saturated carbocycles. The third-order valence-corrected chi connectivity index (χ3v) is 14.6. The number of anilines is 1. The van der Waals surface area contributed by atoms with Gasteiger partial charge in [-0.25, -0.2) is 4.79 Å². The van der Waals surface area contributed by atoms with Crippen molar-refractivity contribution in [2.24, 2.45) is 0 Å². The molecule has 0 radical (unpaired) electrons. The lowest BCUT2D eigenvalue weighted by Gasteiger charge is -2.30. The molecule has 77 heavy (non-hydrogen) atoms. The quantitative estimate of drug-likeness (QED) is 0.0379. The van der Waals surface area contributed by atoms with Crippen LogP contribution in [0.2, 0.25) is 0 Å². The third-order valence-electron chi connectivity index (χ3n) is 13.4. The van der Waals surface area contributed by atoms with E-state index in [-0.39, 0.29) is 53.9 Å². The maximum absolute atomic E-state index is 16.3. The first-order chi connectivity index (χ1) is 37.2. The van der Waals surface area contributed by atoms with E-state index in [1.165, 1.54) is 22.0 Å². The molecule has 21 heteroatoms. The lowest BCUT2D eigenvalue weighted by Crippen LogP contribution is -2.50. The molecule has 1 aliphatic carbocycles. The van der Waals surface area contributed by atoms with Gasteiger partial charge in [-0.3, -0.25) is 29.3 Å². The summed E-state index contributed by atoms with van der Waals surface area (Å²) < 4.78 is 42.2. The highest BCUT2D eigenvalue weighted by Gasteiger charge is 2.52. The van der Waals surface area contributed by atoms with Crippen LogP contribution in [0.25, 0.3) is 30.4 Å². The molecule has 0 unspecified atom stereocenters. The van der Waals surface area contributed by atoms with Gasteiger partial charge < -0.3 is 33.0 Å². The van der Waals surface area contributed by atoms with E-state index in [0.29, 0.717) is 39.7 Å².